The molecule has 2 rings (SSSR count). The first-order chi connectivity index (χ1) is 9.51. The highest BCUT2D eigenvalue weighted by atomic mass is 35.5. The van der Waals surface area contributed by atoms with E-state index in [1.54, 1.807) is 6.07 Å². The molecule has 0 aliphatic carbocycles. The van der Waals surface area contributed by atoms with Crippen LogP contribution < -0.4 is 5.32 Å². The summed E-state index contributed by atoms with van der Waals surface area (Å²) >= 11 is 12.4. The van der Waals surface area contributed by atoms with Gasteiger partial charge in [-0.1, -0.05) is 35.3 Å². The number of hydrogen-bond acceptors (Lipinski definition) is 1. The Hall–Kier alpha value is -1.09. The van der Waals surface area contributed by atoms with E-state index in [1.807, 2.05) is 32.2 Å². The molecule has 0 aliphatic heterocycles. The van der Waals surface area contributed by atoms with Gasteiger partial charge in [-0.25, -0.2) is 4.39 Å². The van der Waals surface area contributed by atoms with Gasteiger partial charge in [0.25, 0.3) is 0 Å². The van der Waals surface area contributed by atoms with Crippen molar-refractivity contribution in [1.29, 1.82) is 0 Å². The third-order valence-corrected chi connectivity index (χ3v) is 4.01. The first kappa shape index (κ1) is 15.3. The van der Waals surface area contributed by atoms with Gasteiger partial charge in [0, 0.05) is 16.1 Å². The molecule has 1 atom stereocenters. The highest BCUT2D eigenvalue weighted by Crippen LogP contribution is 2.29. The Bertz CT molecular complexity index is 613. The van der Waals surface area contributed by atoms with E-state index >= 15 is 0 Å². The lowest BCUT2D eigenvalue weighted by atomic mass is 9.98. The fourth-order valence-electron chi connectivity index (χ4n) is 2.20. The molecule has 106 valence electrons. The minimum atomic E-state index is -0.283. The fraction of sp³-hybridized carbons (Fsp3) is 0.250. The molecule has 2 aromatic carbocycles. The number of likely N-dealkylation sites (N-methyl/N-ethyl adjacent to an activating group) is 1. The van der Waals surface area contributed by atoms with Crippen molar-refractivity contribution in [2.45, 2.75) is 19.4 Å². The summed E-state index contributed by atoms with van der Waals surface area (Å²) in [5.74, 6) is -0.283. The Balaban J connectivity index is 2.31. The summed E-state index contributed by atoms with van der Waals surface area (Å²) in [5.41, 5.74) is 2.86. The molecule has 0 bridgehead atoms. The number of hydrogen-bond donors (Lipinski definition) is 1. The number of rotatable bonds is 4. The van der Waals surface area contributed by atoms with Crippen LogP contribution in [-0.4, -0.2) is 7.05 Å². The molecule has 0 radical (unpaired) electrons. The van der Waals surface area contributed by atoms with E-state index in [1.165, 1.54) is 12.1 Å². The quantitative estimate of drug-likeness (QED) is 0.843. The van der Waals surface area contributed by atoms with Gasteiger partial charge in [-0.2, -0.15) is 0 Å². The Labute approximate surface area is 128 Å². The minimum Gasteiger partial charge on any atom is -0.313 e. The van der Waals surface area contributed by atoms with Crippen molar-refractivity contribution in [1.82, 2.24) is 5.32 Å². The average Bonchev–Trinajstić information content (AvgIpc) is 2.40. The van der Waals surface area contributed by atoms with E-state index in [9.17, 15) is 4.39 Å². The zero-order chi connectivity index (χ0) is 14.7. The molecule has 20 heavy (non-hydrogen) atoms. The minimum absolute atomic E-state index is 0.0117. The summed E-state index contributed by atoms with van der Waals surface area (Å²) in [6.07, 6.45) is 0.579. The zero-order valence-electron chi connectivity index (χ0n) is 11.4. The number of halogens is 3. The molecule has 4 heteroatoms. The van der Waals surface area contributed by atoms with Crippen molar-refractivity contribution >= 4 is 23.2 Å². The first-order valence-electron chi connectivity index (χ1n) is 6.38. The van der Waals surface area contributed by atoms with Crippen LogP contribution in [0.25, 0.3) is 0 Å². The molecule has 0 aliphatic rings. The summed E-state index contributed by atoms with van der Waals surface area (Å²) in [6.45, 7) is 1.99. The first-order valence-corrected chi connectivity index (χ1v) is 7.14. The van der Waals surface area contributed by atoms with Gasteiger partial charge in [-0.05, 0) is 61.3 Å². The second kappa shape index (κ2) is 6.57. The third-order valence-electron chi connectivity index (χ3n) is 3.31. The van der Waals surface area contributed by atoms with Crippen LogP contribution in [0.4, 0.5) is 4.39 Å². The molecule has 0 aromatic heterocycles. The molecule has 0 spiro atoms. The van der Waals surface area contributed by atoms with E-state index < -0.39 is 0 Å². The van der Waals surface area contributed by atoms with E-state index in [0.29, 0.717) is 16.5 Å². The predicted octanol–water partition coefficient (Wildman–Crippen LogP) is 4.94. The predicted molar refractivity (Wildman–Crippen MR) is 83.1 cm³/mol. The summed E-state index contributed by atoms with van der Waals surface area (Å²) in [4.78, 5) is 0. The molecule has 0 heterocycles. The van der Waals surface area contributed by atoms with Crippen LogP contribution in [0.1, 0.15) is 22.7 Å². The van der Waals surface area contributed by atoms with Crippen molar-refractivity contribution < 1.29 is 4.39 Å². The van der Waals surface area contributed by atoms with Gasteiger partial charge >= 0.3 is 0 Å². The molecule has 0 saturated heterocycles. The lowest BCUT2D eigenvalue weighted by molar-refractivity contribution is 0.584. The standard InChI is InChI=1S/C16H16Cl2FN/c1-10-3-5-13(15(18)7-10)16(20-2)9-11-8-12(19)4-6-14(11)17/h3-8,16,20H,9H2,1-2H3. The van der Waals surface area contributed by atoms with Crippen molar-refractivity contribution in [3.8, 4) is 0 Å². The second-order valence-corrected chi connectivity index (χ2v) is 5.62. The lowest BCUT2D eigenvalue weighted by Crippen LogP contribution is -2.19. The zero-order valence-corrected chi connectivity index (χ0v) is 12.9. The molecular formula is C16H16Cl2FN. The molecule has 0 fully saturated rings. The Morgan fingerprint density at radius 3 is 2.50 bits per heavy atom. The Morgan fingerprint density at radius 2 is 1.85 bits per heavy atom. The highest BCUT2D eigenvalue weighted by molar-refractivity contribution is 6.31. The summed E-state index contributed by atoms with van der Waals surface area (Å²) in [5, 5.41) is 4.48. The van der Waals surface area contributed by atoms with Gasteiger partial charge in [-0.3, -0.25) is 0 Å². The number of nitrogens with one attached hydrogen (secondary N) is 1. The monoisotopic (exact) mass is 311 g/mol. The maximum atomic E-state index is 13.3. The molecular weight excluding hydrogens is 296 g/mol. The molecule has 1 N–H and O–H groups in total. The van der Waals surface area contributed by atoms with Crippen LogP contribution in [0.3, 0.4) is 0 Å². The SMILES string of the molecule is CNC(Cc1cc(F)ccc1Cl)c1ccc(C)cc1Cl. The maximum absolute atomic E-state index is 13.3. The summed E-state index contributed by atoms with van der Waals surface area (Å²) < 4.78 is 13.3. The van der Waals surface area contributed by atoms with Gasteiger partial charge < -0.3 is 5.32 Å². The second-order valence-electron chi connectivity index (χ2n) is 4.81. The normalized spacial score (nSPS) is 12.4. The van der Waals surface area contributed by atoms with Crippen LogP contribution >= 0.6 is 23.2 Å². The van der Waals surface area contributed by atoms with Gasteiger partial charge in [0.1, 0.15) is 5.82 Å². The van der Waals surface area contributed by atoms with Crippen LogP contribution in [0.5, 0.6) is 0 Å². The van der Waals surface area contributed by atoms with E-state index in [0.717, 1.165) is 16.7 Å². The Kier molecular flexibility index (Phi) is 5.03. The lowest BCUT2D eigenvalue weighted by Gasteiger charge is -2.19. The van der Waals surface area contributed by atoms with Crippen molar-refractivity contribution in [2.24, 2.45) is 0 Å². The van der Waals surface area contributed by atoms with Gasteiger partial charge in [0.05, 0.1) is 0 Å². The largest absolute Gasteiger partial charge is 0.313 e. The van der Waals surface area contributed by atoms with E-state index in [-0.39, 0.29) is 11.9 Å². The highest BCUT2D eigenvalue weighted by Gasteiger charge is 2.15. The van der Waals surface area contributed by atoms with Crippen molar-refractivity contribution in [3.63, 3.8) is 0 Å². The van der Waals surface area contributed by atoms with Crippen LogP contribution in [0.15, 0.2) is 36.4 Å². The van der Waals surface area contributed by atoms with Crippen LogP contribution in [-0.2, 0) is 6.42 Å². The van der Waals surface area contributed by atoms with E-state index in [2.05, 4.69) is 5.32 Å². The van der Waals surface area contributed by atoms with E-state index in [4.69, 9.17) is 23.2 Å². The van der Waals surface area contributed by atoms with Crippen molar-refractivity contribution in [3.05, 3.63) is 69.0 Å². The molecule has 1 nitrogen and oxygen atoms in total. The van der Waals surface area contributed by atoms with Crippen LogP contribution in [0.2, 0.25) is 10.0 Å². The van der Waals surface area contributed by atoms with Gasteiger partial charge in [0.15, 0.2) is 0 Å². The molecule has 2 aromatic rings. The summed E-state index contributed by atoms with van der Waals surface area (Å²) in [6, 6.07) is 10.3. The molecule has 0 amide bonds. The topological polar surface area (TPSA) is 12.0 Å². The van der Waals surface area contributed by atoms with Gasteiger partial charge in [0.2, 0.25) is 0 Å². The number of aryl methyl sites for hydroxylation is 1. The van der Waals surface area contributed by atoms with Gasteiger partial charge in [-0.15, -0.1) is 0 Å². The van der Waals surface area contributed by atoms with Crippen molar-refractivity contribution in [2.75, 3.05) is 7.05 Å². The number of benzene rings is 2. The van der Waals surface area contributed by atoms with Crippen LogP contribution in [0, 0.1) is 12.7 Å². The third kappa shape index (κ3) is 3.51. The summed E-state index contributed by atoms with van der Waals surface area (Å²) in [7, 11) is 1.86. The Morgan fingerprint density at radius 1 is 1.10 bits per heavy atom. The molecule has 1 unspecified atom stereocenters. The molecule has 0 saturated carbocycles. The average molecular weight is 312 g/mol. The fourth-order valence-corrected chi connectivity index (χ4v) is 2.76. The maximum Gasteiger partial charge on any atom is 0.123 e. The smallest absolute Gasteiger partial charge is 0.123 e.